The third kappa shape index (κ3) is 9.15. The molecule has 0 unspecified atom stereocenters. The Hall–Kier alpha value is 1.15. The minimum Gasteiger partial charge on any atom is -0.239 e. The number of hydrogen-bond donors (Lipinski definition) is 1. The van der Waals surface area contributed by atoms with E-state index in [1.54, 1.807) is 0 Å². The fraction of sp³-hybridized carbons (Fsp3) is 1.00. The normalized spacial score (nSPS) is 11.9. The Labute approximate surface area is 69.5 Å². The van der Waals surface area contributed by atoms with Gasteiger partial charge in [-0.3, -0.25) is 0 Å². The van der Waals surface area contributed by atoms with E-state index in [-0.39, 0.29) is 0 Å². The summed E-state index contributed by atoms with van der Waals surface area (Å²) in [5, 5.41) is 0. The molecule has 0 radical (unpaired) electrons. The van der Waals surface area contributed by atoms with Gasteiger partial charge in [-0.1, -0.05) is 6.92 Å². The Kier molecular flexibility index (Phi) is 5.51. The van der Waals surface area contributed by atoms with Crippen molar-refractivity contribution < 1.29 is 4.62 Å². The van der Waals surface area contributed by atoms with Gasteiger partial charge in [-0.25, -0.2) is 4.62 Å². The summed E-state index contributed by atoms with van der Waals surface area (Å²) in [6.07, 6.45) is 0.961. The minimum atomic E-state index is -2.53. The molecule has 0 aliphatic carbocycles. The summed E-state index contributed by atoms with van der Waals surface area (Å²) >= 11 is 15.3. The van der Waals surface area contributed by atoms with Gasteiger partial charge in [0.15, 0.2) is 0 Å². The van der Waals surface area contributed by atoms with Crippen molar-refractivity contribution in [1.29, 1.82) is 0 Å². The molecule has 9 heavy (non-hydrogen) atoms. The smallest absolute Gasteiger partial charge is 0.239 e. The second-order valence-corrected chi connectivity index (χ2v) is 8.53. The number of hydroxylamine groups is 1. The first kappa shape index (κ1) is 10.2. The van der Waals surface area contributed by atoms with Gasteiger partial charge in [0.25, 0.3) is 4.97 Å². The van der Waals surface area contributed by atoms with Crippen molar-refractivity contribution in [3.8, 4) is 0 Å². The van der Waals surface area contributed by atoms with Crippen LogP contribution in [-0.4, -0.2) is 6.54 Å². The van der Waals surface area contributed by atoms with Gasteiger partial charge in [0, 0.05) is 6.54 Å². The van der Waals surface area contributed by atoms with Gasteiger partial charge in [-0.2, -0.15) is 5.48 Å². The van der Waals surface area contributed by atoms with Crippen LogP contribution in [0.1, 0.15) is 13.3 Å². The monoisotopic (exact) mass is 207 g/mol. The number of halogens is 2. The summed E-state index contributed by atoms with van der Waals surface area (Å²) in [6.45, 7) is 2.72. The molecule has 0 amide bonds. The molecule has 0 bridgehead atoms. The van der Waals surface area contributed by atoms with Crippen LogP contribution in [0.3, 0.4) is 0 Å². The van der Waals surface area contributed by atoms with E-state index < -0.39 is 4.97 Å². The zero-order valence-corrected chi connectivity index (χ0v) is 8.16. The maximum atomic E-state index is 5.38. The summed E-state index contributed by atoms with van der Waals surface area (Å²) in [5.41, 5.74) is 2.56. The lowest BCUT2D eigenvalue weighted by atomic mass is 10.5. The summed E-state index contributed by atoms with van der Waals surface area (Å²) < 4.78 is 4.68. The SMILES string of the molecule is CCCNOP(=S)(Cl)Cl. The van der Waals surface area contributed by atoms with Crippen LogP contribution >= 0.6 is 27.5 Å². The lowest BCUT2D eigenvalue weighted by Gasteiger charge is -2.05. The molecule has 0 aliphatic heterocycles. The molecule has 0 spiro atoms. The van der Waals surface area contributed by atoms with E-state index >= 15 is 0 Å². The predicted octanol–water partition coefficient (Wildman–Crippen LogP) is 2.62. The van der Waals surface area contributed by atoms with E-state index in [1.807, 2.05) is 6.92 Å². The lowest BCUT2D eigenvalue weighted by molar-refractivity contribution is 0.230. The average molecular weight is 208 g/mol. The van der Waals surface area contributed by atoms with E-state index in [0.29, 0.717) is 0 Å². The van der Waals surface area contributed by atoms with Crippen molar-refractivity contribution in [1.82, 2.24) is 5.48 Å². The van der Waals surface area contributed by atoms with Gasteiger partial charge in [-0.05, 0) is 40.7 Å². The van der Waals surface area contributed by atoms with E-state index in [1.165, 1.54) is 0 Å². The third-order valence-corrected chi connectivity index (χ3v) is 1.50. The number of nitrogens with one attached hydrogen (secondary N) is 1. The topological polar surface area (TPSA) is 21.3 Å². The minimum absolute atomic E-state index is 0.720. The number of rotatable bonds is 4. The maximum absolute atomic E-state index is 5.38. The Morgan fingerprint density at radius 3 is 2.56 bits per heavy atom. The molecular weight excluding hydrogens is 200 g/mol. The molecule has 0 aromatic carbocycles. The van der Waals surface area contributed by atoms with Crippen LogP contribution in [0.4, 0.5) is 0 Å². The molecule has 0 aliphatic rings. The molecule has 0 aromatic heterocycles. The van der Waals surface area contributed by atoms with Crippen molar-refractivity contribution in [3.63, 3.8) is 0 Å². The van der Waals surface area contributed by atoms with Gasteiger partial charge >= 0.3 is 0 Å². The molecule has 56 valence electrons. The molecule has 6 heteroatoms. The first-order chi connectivity index (χ1) is 4.06. The van der Waals surface area contributed by atoms with E-state index in [4.69, 9.17) is 22.5 Å². The summed E-state index contributed by atoms with van der Waals surface area (Å²) in [4.78, 5) is -2.53. The molecule has 0 saturated carbocycles. The Bertz CT molecular complexity index is 116. The van der Waals surface area contributed by atoms with Crippen LogP contribution in [0.25, 0.3) is 0 Å². The Balaban J connectivity index is 3.18. The van der Waals surface area contributed by atoms with Gasteiger partial charge in [0.05, 0.1) is 0 Å². The van der Waals surface area contributed by atoms with Crippen molar-refractivity contribution in [2.24, 2.45) is 0 Å². The second kappa shape index (κ2) is 4.89. The highest BCUT2D eigenvalue weighted by Crippen LogP contribution is 2.56. The van der Waals surface area contributed by atoms with Gasteiger partial charge in [0.1, 0.15) is 0 Å². The first-order valence-corrected chi connectivity index (χ1v) is 7.00. The molecule has 0 rings (SSSR count). The molecule has 0 saturated heterocycles. The molecule has 2 nitrogen and oxygen atoms in total. The molecule has 0 heterocycles. The van der Waals surface area contributed by atoms with Crippen LogP contribution in [0.2, 0.25) is 0 Å². The molecular formula is C3H8Cl2NOPS. The van der Waals surface area contributed by atoms with Gasteiger partial charge < -0.3 is 0 Å². The first-order valence-electron chi connectivity index (χ1n) is 2.47. The third-order valence-electron chi connectivity index (χ3n) is 0.523. The van der Waals surface area contributed by atoms with Crippen LogP contribution in [0.15, 0.2) is 0 Å². The molecule has 0 fully saturated rings. The van der Waals surface area contributed by atoms with E-state index in [0.717, 1.165) is 13.0 Å². The van der Waals surface area contributed by atoms with E-state index in [9.17, 15) is 0 Å². The fourth-order valence-electron chi connectivity index (χ4n) is 0.223. The zero-order chi connectivity index (χ0) is 7.33. The Morgan fingerprint density at radius 1 is 1.67 bits per heavy atom. The highest BCUT2D eigenvalue weighted by Gasteiger charge is 2.06. The van der Waals surface area contributed by atoms with Crippen LogP contribution in [0.5, 0.6) is 0 Å². The van der Waals surface area contributed by atoms with Gasteiger partial charge in [0.2, 0.25) is 0 Å². The maximum Gasteiger partial charge on any atom is 0.257 e. The predicted molar refractivity (Wildman–Crippen MR) is 45.4 cm³/mol. The van der Waals surface area contributed by atoms with Crippen LogP contribution in [-0.2, 0) is 16.4 Å². The van der Waals surface area contributed by atoms with Crippen molar-refractivity contribution in [2.75, 3.05) is 6.54 Å². The summed E-state index contributed by atoms with van der Waals surface area (Å²) in [7, 11) is 0. The molecule has 1 N–H and O–H groups in total. The zero-order valence-electron chi connectivity index (χ0n) is 4.93. The van der Waals surface area contributed by atoms with Gasteiger partial charge in [-0.15, -0.1) is 0 Å². The standard InChI is InChI=1S/C3H8Cl2NOPS/c1-2-3-6-7-8(4,5)9/h6H,2-3H2,1H3. The molecule has 0 aromatic rings. The highest BCUT2D eigenvalue weighted by molar-refractivity contribution is 8.36. The average Bonchev–Trinajstić information content (AvgIpc) is 1.63. The largest absolute Gasteiger partial charge is 0.257 e. The Morgan fingerprint density at radius 2 is 2.22 bits per heavy atom. The summed E-state index contributed by atoms with van der Waals surface area (Å²) in [6, 6.07) is 0. The second-order valence-electron chi connectivity index (χ2n) is 1.40. The van der Waals surface area contributed by atoms with Crippen LogP contribution in [0, 0.1) is 0 Å². The lowest BCUT2D eigenvalue weighted by Crippen LogP contribution is -2.10. The molecule has 0 atom stereocenters. The quantitative estimate of drug-likeness (QED) is 0.436. The van der Waals surface area contributed by atoms with E-state index in [2.05, 4.69) is 21.9 Å². The fourth-order valence-corrected chi connectivity index (χ4v) is 0.915. The summed E-state index contributed by atoms with van der Waals surface area (Å²) in [5.74, 6) is 0. The van der Waals surface area contributed by atoms with Crippen molar-refractivity contribution >= 4 is 39.3 Å². The van der Waals surface area contributed by atoms with Crippen molar-refractivity contribution in [3.05, 3.63) is 0 Å². The van der Waals surface area contributed by atoms with Crippen LogP contribution < -0.4 is 5.48 Å². The van der Waals surface area contributed by atoms with Crippen molar-refractivity contribution in [2.45, 2.75) is 13.3 Å². The highest BCUT2D eigenvalue weighted by atomic mass is 35.9. The number of hydrogen-bond acceptors (Lipinski definition) is 3.